The van der Waals surface area contributed by atoms with E-state index in [1.54, 1.807) is 24.5 Å². The predicted octanol–water partition coefficient (Wildman–Crippen LogP) is 2.42. The molecule has 0 aromatic carbocycles. The van der Waals surface area contributed by atoms with Crippen LogP contribution in [0, 0.1) is 0 Å². The smallest absolute Gasteiger partial charge is 0.319 e. The first-order valence-electron chi connectivity index (χ1n) is 8.00. The zero-order chi connectivity index (χ0) is 16.8. The van der Waals surface area contributed by atoms with E-state index in [0.717, 1.165) is 25.1 Å². The second kappa shape index (κ2) is 7.63. The second-order valence-corrected chi connectivity index (χ2v) is 5.62. The van der Waals surface area contributed by atoms with E-state index in [-0.39, 0.29) is 6.03 Å². The van der Waals surface area contributed by atoms with Crippen molar-refractivity contribution in [2.45, 2.75) is 25.3 Å². The third kappa shape index (κ3) is 3.92. The Morgan fingerprint density at radius 3 is 3.04 bits per heavy atom. The standard InChI is InChI=1S/C17H21N5O2/c1-24-16-14(5-3-10-19-16)22-17(23)20-11-8-13-7-6-12-4-2-9-18-15(12)21-13/h2-5,9-10,13H,6-8,11H2,1H3,(H,18,21)(H2,20,22,23). The molecule has 0 saturated carbocycles. The molecule has 3 rings (SSSR count). The fraction of sp³-hybridized carbons (Fsp3) is 0.353. The number of carbonyl (C=O) groups is 1. The summed E-state index contributed by atoms with van der Waals surface area (Å²) < 4.78 is 5.11. The van der Waals surface area contributed by atoms with Gasteiger partial charge in [-0.15, -0.1) is 0 Å². The number of aromatic nitrogens is 2. The lowest BCUT2D eigenvalue weighted by Crippen LogP contribution is -2.34. The highest BCUT2D eigenvalue weighted by Crippen LogP contribution is 2.23. The molecule has 7 heteroatoms. The predicted molar refractivity (Wildman–Crippen MR) is 92.4 cm³/mol. The van der Waals surface area contributed by atoms with E-state index in [2.05, 4.69) is 32.0 Å². The number of rotatable bonds is 5. The molecule has 0 spiro atoms. The van der Waals surface area contributed by atoms with E-state index in [0.29, 0.717) is 24.2 Å². The third-order valence-electron chi connectivity index (χ3n) is 3.99. The Hall–Kier alpha value is -2.83. The van der Waals surface area contributed by atoms with Gasteiger partial charge in [-0.25, -0.2) is 14.8 Å². The summed E-state index contributed by atoms with van der Waals surface area (Å²) in [6.45, 7) is 0.578. The highest BCUT2D eigenvalue weighted by atomic mass is 16.5. The number of hydrogen-bond acceptors (Lipinski definition) is 5. The molecule has 24 heavy (non-hydrogen) atoms. The van der Waals surface area contributed by atoms with Gasteiger partial charge in [0.2, 0.25) is 5.88 Å². The number of aryl methyl sites for hydroxylation is 1. The lowest BCUT2D eigenvalue weighted by Gasteiger charge is -2.26. The van der Waals surface area contributed by atoms with Crippen LogP contribution in [-0.4, -0.2) is 35.7 Å². The number of methoxy groups -OCH3 is 1. The molecule has 2 aromatic heterocycles. The molecule has 2 aromatic rings. The maximum absolute atomic E-state index is 12.0. The fourth-order valence-electron chi connectivity index (χ4n) is 2.76. The van der Waals surface area contributed by atoms with Crippen molar-refractivity contribution in [3.05, 3.63) is 42.2 Å². The Morgan fingerprint density at radius 1 is 1.33 bits per heavy atom. The number of pyridine rings is 2. The van der Waals surface area contributed by atoms with E-state index >= 15 is 0 Å². The Bertz CT molecular complexity index is 707. The number of nitrogens with one attached hydrogen (secondary N) is 3. The summed E-state index contributed by atoms with van der Waals surface area (Å²) in [6.07, 6.45) is 6.30. The van der Waals surface area contributed by atoms with Crippen LogP contribution in [0.4, 0.5) is 16.3 Å². The molecule has 2 amide bonds. The number of carbonyl (C=O) groups excluding carboxylic acids is 1. The number of ether oxygens (including phenoxy) is 1. The first kappa shape index (κ1) is 16.0. The van der Waals surface area contributed by atoms with Crippen molar-refractivity contribution < 1.29 is 9.53 Å². The Balaban J connectivity index is 1.44. The average molecular weight is 327 g/mol. The van der Waals surface area contributed by atoms with Crippen molar-refractivity contribution in [1.82, 2.24) is 15.3 Å². The molecule has 0 bridgehead atoms. The van der Waals surface area contributed by atoms with Gasteiger partial charge in [0.05, 0.1) is 7.11 Å². The SMILES string of the molecule is COc1ncccc1NC(=O)NCCC1CCc2cccnc2N1. The number of anilines is 2. The summed E-state index contributed by atoms with van der Waals surface area (Å²) in [4.78, 5) is 20.4. The molecular weight excluding hydrogens is 306 g/mol. The maximum Gasteiger partial charge on any atom is 0.319 e. The summed E-state index contributed by atoms with van der Waals surface area (Å²) in [5.41, 5.74) is 1.80. The van der Waals surface area contributed by atoms with E-state index in [1.165, 1.54) is 12.7 Å². The minimum absolute atomic E-state index is 0.268. The monoisotopic (exact) mass is 327 g/mol. The largest absolute Gasteiger partial charge is 0.480 e. The van der Waals surface area contributed by atoms with Gasteiger partial charge in [-0.3, -0.25) is 0 Å². The van der Waals surface area contributed by atoms with E-state index < -0.39 is 0 Å². The zero-order valence-electron chi connectivity index (χ0n) is 13.6. The van der Waals surface area contributed by atoms with Crippen LogP contribution in [0.5, 0.6) is 5.88 Å². The molecule has 1 aliphatic rings. The molecule has 0 fully saturated rings. The summed E-state index contributed by atoms with van der Waals surface area (Å²) in [7, 11) is 1.52. The van der Waals surface area contributed by atoms with Gasteiger partial charge >= 0.3 is 6.03 Å². The minimum Gasteiger partial charge on any atom is -0.480 e. The molecule has 0 aliphatic carbocycles. The van der Waals surface area contributed by atoms with Crippen molar-refractivity contribution in [3.8, 4) is 5.88 Å². The molecule has 1 unspecified atom stereocenters. The molecule has 0 saturated heterocycles. The van der Waals surface area contributed by atoms with Gasteiger partial charge in [-0.2, -0.15) is 0 Å². The highest BCUT2D eigenvalue weighted by molar-refractivity contribution is 5.90. The molecule has 3 heterocycles. The van der Waals surface area contributed by atoms with Crippen molar-refractivity contribution in [1.29, 1.82) is 0 Å². The van der Waals surface area contributed by atoms with Gasteiger partial charge in [0, 0.05) is 25.0 Å². The van der Waals surface area contributed by atoms with Gasteiger partial charge in [0.1, 0.15) is 11.5 Å². The van der Waals surface area contributed by atoms with Gasteiger partial charge in [-0.1, -0.05) is 6.07 Å². The topological polar surface area (TPSA) is 88.2 Å². The van der Waals surface area contributed by atoms with Crippen LogP contribution >= 0.6 is 0 Å². The van der Waals surface area contributed by atoms with Crippen LogP contribution in [0.2, 0.25) is 0 Å². The number of amides is 2. The van der Waals surface area contributed by atoms with E-state index in [1.807, 2.05) is 6.07 Å². The number of urea groups is 1. The molecule has 7 nitrogen and oxygen atoms in total. The Kier molecular flexibility index (Phi) is 5.10. The van der Waals surface area contributed by atoms with Crippen molar-refractivity contribution in [2.24, 2.45) is 0 Å². The molecule has 126 valence electrons. The third-order valence-corrected chi connectivity index (χ3v) is 3.99. The molecule has 0 radical (unpaired) electrons. The van der Waals surface area contributed by atoms with E-state index in [9.17, 15) is 4.79 Å². The van der Waals surface area contributed by atoms with E-state index in [4.69, 9.17) is 4.74 Å². The van der Waals surface area contributed by atoms with Crippen LogP contribution in [0.15, 0.2) is 36.7 Å². The number of fused-ring (bicyclic) bond motifs is 1. The highest BCUT2D eigenvalue weighted by Gasteiger charge is 2.18. The molecular formula is C17H21N5O2. The van der Waals surface area contributed by atoms with Crippen molar-refractivity contribution >= 4 is 17.5 Å². The first-order chi connectivity index (χ1) is 11.8. The lowest BCUT2D eigenvalue weighted by atomic mass is 9.99. The zero-order valence-corrected chi connectivity index (χ0v) is 13.6. The van der Waals surface area contributed by atoms with Gasteiger partial charge in [-0.05, 0) is 43.0 Å². The number of nitrogens with zero attached hydrogens (tertiary/aromatic N) is 2. The van der Waals surface area contributed by atoms with Gasteiger partial charge in [0.25, 0.3) is 0 Å². The van der Waals surface area contributed by atoms with Crippen LogP contribution < -0.4 is 20.7 Å². The fourth-order valence-corrected chi connectivity index (χ4v) is 2.76. The summed E-state index contributed by atoms with van der Waals surface area (Å²) in [5.74, 6) is 1.35. The lowest BCUT2D eigenvalue weighted by molar-refractivity contribution is 0.251. The normalized spacial score (nSPS) is 15.8. The number of hydrogen-bond donors (Lipinski definition) is 3. The Morgan fingerprint density at radius 2 is 2.17 bits per heavy atom. The van der Waals surface area contributed by atoms with Crippen LogP contribution in [0.25, 0.3) is 0 Å². The van der Waals surface area contributed by atoms with Crippen molar-refractivity contribution in [3.63, 3.8) is 0 Å². The van der Waals surface area contributed by atoms with Crippen LogP contribution in [0.3, 0.4) is 0 Å². The molecule has 1 atom stereocenters. The summed E-state index contributed by atoms with van der Waals surface area (Å²) >= 11 is 0. The molecule has 1 aliphatic heterocycles. The van der Waals surface area contributed by atoms with Crippen molar-refractivity contribution in [2.75, 3.05) is 24.3 Å². The summed E-state index contributed by atoms with van der Waals surface area (Å²) in [6, 6.07) is 7.60. The average Bonchev–Trinajstić information content (AvgIpc) is 2.62. The van der Waals surface area contributed by atoms with Crippen LogP contribution in [0.1, 0.15) is 18.4 Å². The second-order valence-electron chi connectivity index (χ2n) is 5.62. The summed E-state index contributed by atoms with van der Waals surface area (Å²) in [5, 5.41) is 9.03. The minimum atomic E-state index is -0.268. The first-order valence-corrected chi connectivity index (χ1v) is 8.00. The quantitative estimate of drug-likeness (QED) is 0.785. The van der Waals surface area contributed by atoms with Gasteiger partial charge in [0.15, 0.2) is 0 Å². The van der Waals surface area contributed by atoms with Crippen LogP contribution in [-0.2, 0) is 6.42 Å². The Labute approximate surface area is 140 Å². The maximum atomic E-state index is 12.0. The molecule has 3 N–H and O–H groups in total. The van der Waals surface area contributed by atoms with Gasteiger partial charge < -0.3 is 20.7 Å².